The molecule has 0 bridgehead atoms. The van der Waals surface area contributed by atoms with Gasteiger partial charge in [-0.15, -0.1) is 0 Å². The number of carbonyl (C=O) groups is 1. The molecule has 0 saturated carbocycles. The van der Waals surface area contributed by atoms with Gasteiger partial charge in [0, 0.05) is 26.7 Å². The van der Waals surface area contributed by atoms with Crippen molar-refractivity contribution in [3.8, 4) is 11.5 Å². The van der Waals surface area contributed by atoms with Crippen LogP contribution in [0.2, 0.25) is 0 Å². The number of phenolic OH excluding ortho intramolecular Hbond substituents is 2. The summed E-state index contributed by atoms with van der Waals surface area (Å²) < 4.78 is 4.91. The van der Waals surface area contributed by atoms with Crippen molar-refractivity contribution in [3.05, 3.63) is 23.8 Å². The van der Waals surface area contributed by atoms with Crippen LogP contribution in [0.4, 0.5) is 0 Å². The SMILES string of the molecule is COCCN(CCN)C(=O)c1cccc(O)c1O. The molecule has 0 aliphatic carbocycles. The Labute approximate surface area is 106 Å². The minimum atomic E-state index is -0.415. The van der Waals surface area contributed by atoms with Crippen LogP contribution in [-0.4, -0.2) is 54.4 Å². The molecular weight excluding hydrogens is 236 g/mol. The van der Waals surface area contributed by atoms with Crippen LogP contribution in [0.1, 0.15) is 10.4 Å². The standard InChI is InChI=1S/C12H18N2O4/c1-18-8-7-14(6-5-13)12(17)9-3-2-4-10(15)11(9)16/h2-4,15-16H,5-8,13H2,1H3. The van der Waals surface area contributed by atoms with Crippen LogP contribution >= 0.6 is 0 Å². The van der Waals surface area contributed by atoms with Gasteiger partial charge in [0.1, 0.15) is 0 Å². The quantitative estimate of drug-likeness (QED) is 0.628. The molecule has 0 fully saturated rings. The van der Waals surface area contributed by atoms with Crippen LogP contribution in [0.3, 0.4) is 0 Å². The minimum Gasteiger partial charge on any atom is -0.504 e. The summed E-state index contributed by atoms with van der Waals surface area (Å²) in [5, 5.41) is 19.0. The lowest BCUT2D eigenvalue weighted by molar-refractivity contribution is 0.0698. The van der Waals surface area contributed by atoms with Gasteiger partial charge in [-0.05, 0) is 12.1 Å². The monoisotopic (exact) mass is 254 g/mol. The average Bonchev–Trinajstić information content (AvgIpc) is 2.37. The van der Waals surface area contributed by atoms with E-state index in [0.717, 1.165) is 0 Å². The molecule has 100 valence electrons. The number of carbonyl (C=O) groups excluding carboxylic acids is 1. The Morgan fingerprint density at radius 2 is 2.11 bits per heavy atom. The topological polar surface area (TPSA) is 96.0 Å². The summed E-state index contributed by atoms with van der Waals surface area (Å²) in [6, 6.07) is 4.27. The Morgan fingerprint density at radius 1 is 1.39 bits per heavy atom. The highest BCUT2D eigenvalue weighted by atomic mass is 16.5. The summed E-state index contributed by atoms with van der Waals surface area (Å²) in [6.45, 7) is 1.43. The molecule has 1 aromatic rings. The Balaban J connectivity index is 2.90. The molecule has 4 N–H and O–H groups in total. The van der Waals surface area contributed by atoms with Crippen LogP contribution in [0.15, 0.2) is 18.2 Å². The summed E-state index contributed by atoms with van der Waals surface area (Å²) in [5.74, 6) is -1.12. The van der Waals surface area contributed by atoms with Crippen LogP contribution < -0.4 is 5.73 Å². The number of methoxy groups -OCH3 is 1. The number of rotatable bonds is 6. The van der Waals surface area contributed by atoms with Gasteiger partial charge < -0.3 is 25.6 Å². The first-order valence-corrected chi connectivity index (χ1v) is 5.61. The number of nitrogens with zero attached hydrogens (tertiary/aromatic N) is 1. The number of hydrogen-bond acceptors (Lipinski definition) is 5. The minimum absolute atomic E-state index is 0.0551. The smallest absolute Gasteiger partial charge is 0.257 e. The molecule has 18 heavy (non-hydrogen) atoms. The van der Waals surface area contributed by atoms with E-state index in [-0.39, 0.29) is 17.2 Å². The van der Waals surface area contributed by atoms with Crippen molar-refractivity contribution in [1.29, 1.82) is 0 Å². The van der Waals surface area contributed by atoms with Crippen molar-refractivity contribution < 1.29 is 19.7 Å². The van der Waals surface area contributed by atoms with Gasteiger partial charge in [0.25, 0.3) is 5.91 Å². The lowest BCUT2D eigenvalue weighted by atomic mass is 10.1. The summed E-state index contributed by atoms with van der Waals surface area (Å²) in [4.78, 5) is 13.6. The van der Waals surface area contributed by atoms with Crippen LogP contribution in [0.5, 0.6) is 11.5 Å². The highest BCUT2D eigenvalue weighted by Crippen LogP contribution is 2.28. The van der Waals surface area contributed by atoms with E-state index >= 15 is 0 Å². The molecule has 0 aromatic heterocycles. The van der Waals surface area contributed by atoms with Gasteiger partial charge in [-0.25, -0.2) is 0 Å². The fourth-order valence-electron chi connectivity index (χ4n) is 1.55. The van der Waals surface area contributed by atoms with Gasteiger partial charge in [-0.2, -0.15) is 0 Å². The third-order valence-corrected chi connectivity index (χ3v) is 2.50. The third kappa shape index (κ3) is 3.35. The predicted molar refractivity (Wildman–Crippen MR) is 66.6 cm³/mol. The number of phenols is 2. The molecule has 0 heterocycles. The first-order chi connectivity index (χ1) is 8.61. The maximum atomic E-state index is 12.2. The second-order valence-electron chi connectivity index (χ2n) is 3.75. The van der Waals surface area contributed by atoms with Crippen molar-refractivity contribution >= 4 is 5.91 Å². The molecule has 6 nitrogen and oxygen atoms in total. The van der Waals surface area contributed by atoms with Gasteiger partial charge in [-0.3, -0.25) is 4.79 Å². The van der Waals surface area contributed by atoms with E-state index in [4.69, 9.17) is 10.5 Å². The van der Waals surface area contributed by atoms with Crippen molar-refractivity contribution in [1.82, 2.24) is 4.90 Å². The van der Waals surface area contributed by atoms with Crippen LogP contribution in [-0.2, 0) is 4.74 Å². The maximum absolute atomic E-state index is 12.2. The fraction of sp³-hybridized carbons (Fsp3) is 0.417. The number of hydrogen-bond donors (Lipinski definition) is 3. The van der Waals surface area contributed by atoms with Gasteiger partial charge in [0.15, 0.2) is 11.5 Å². The number of para-hydroxylation sites is 1. The first-order valence-electron chi connectivity index (χ1n) is 5.61. The van der Waals surface area contributed by atoms with Crippen LogP contribution in [0, 0.1) is 0 Å². The molecule has 1 amide bonds. The van der Waals surface area contributed by atoms with E-state index in [1.165, 1.54) is 30.2 Å². The summed E-state index contributed by atoms with van der Waals surface area (Å²) in [7, 11) is 1.54. The number of amides is 1. The van der Waals surface area contributed by atoms with E-state index in [9.17, 15) is 15.0 Å². The zero-order valence-electron chi connectivity index (χ0n) is 10.3. The number of benzene rings is 1. The molecule has 0 saturated heterocycles. The van der Waals surface area contributed by atoms with Crippen molar-refractivity contribution in [2.45, 2.75) is 0 Å². The highest BCUT2D eigenvalue weighted by Gasteiger charge is 2.19. The lowest BCUT2D eigenvalue weighted by Gasteiger charge is -2.22. The highest BCUT2D eigenvalue weighted by molar-refractivity contribution is 5.97. The zero-order valence-corrected chi connectivity index (χ0v) is 10.3. The molecule has 6 heteroatoms. The first kappa shape index (κ1) is 14.3. The van der Waals surface area contributed by atoms with Crippen molar-refractivity contribution in [3.63, 3.8) is 0 Å². The molecule has 1 aromatic carbocycles. The van der Waals surface area contributed by atoms with Gasteiger partial charge in [0.05, 0.1) is 12.2 Å². The second-order valence-corrected chi connectivity index (χ2v) is 3.75. The molecule has 0 atom stereocenters. The summed E-state index contributed by atoms with van der Waals surface area (Å²) in [6.07, 6.45) is 0. The largest absolute Gasteiger partial charge is 0.504 e. The molecule has 0 aliphatic rings. The normalized spacial score (nSPS) is 10.3. The van der Waals surface area contributed by atoms with Gasteiger partial charge in [0.2, 0.25) is 0 Å². The predicted octanol–water partition coefficient (Wildman–Crippen LogP) is 0.145. The molecular formula is C12H18N2O4. The van der Waals surface area contributed by atoms with E-state index < -0.39 is 5.75 Å². The zero-order chi connectivity index (χ0) is 13.5. The van der Waals surface area contributed by atoms with Crippen LogP contribution in [0.25, 0.3) is 0 Å². The lowest BCUT2D eigenvalue weighted by Crippen LogP contribution is -2.37. The van der Waals surface area contributed by atoms with Crippen molar-refractivity contribution in [2.24, 2.45) is 5.73 Å². The Kier molecular flexibility index (Phi) is 5.41. The molecule has 0 unspecified atom stereocenters. The van der Waals surface area contributed by atoms with E-state index in [0.29, 0.717) is 26.2 Å². The molecule has 0 radical (unpaired) electrons. The Morgan fingerprint density at radius 3 is 2.72 bits per heavy atom. The van der Waals surface area contributed by atoms with E-state index in [2.05, 4.69) is 0 Å². The number of aromatic hydroxyl groups is 2. The summed E-state index contributed by atoms with van der Waals surface area (Å²) in [5.41, 5.74) is 5.49. The Bertz CT molecular complexity index is 409. The molecule has 0 spiro atoms. The van der Waals surface area contributed by atoms with Gasteiger partial charge in [-0.1, -0.05) is 6.07 Å². The Hall–Kier alpha value is -1.79. The fourth-order valence-corrected chi connectivity index (χ4v) is 1.55. The molecule has 0 aliphatic heterocycles. The number of ether oxygens (including phenoxy) is 1. The summed E-state index contributed by atoms with van der Waals surface area (Å²) >= 11 is 0. The maximum Gasteiger partial charge on any atom is 0.257 e. The second kappa shape index (κ2) is 6.83. The van der Waals surface area contributed by atoms with Crippen molar-refractivity contribution in [2.75, 3.05) is 33.4 Å². The van der Waals surface area contributed by atoms with E-state index in [1.54, 1.807) is 0 Å². The average molecular weight is 254 g/mol. The van der Waals surface area contributed by atoms with E-state index in [1.807, 2.05) is 0 Å². The molecule has 1 rings (SSSR count). The third-order valence-electron chi connectivity index (χ3n) is 2.50. The van der Waals surface area contributed by atoms with Gasteiger partial charge >= 0.3 is 0 Å². The number of nitrogens with two attached hydrogens (primary N) is 1.